The molecular weight excluding hydrogens is 378 g/mol. The van der Waals surface area contributed by atoms with E-state index in [-0.39, 0.29) is 0 Å². The molecule has 30 heavy (non-hydrogen) atoms. The van der Waals surface area contributed by atoms with Gasteiger partial charge >= 0.3 is 0 Å². The van der Waals surface area contributed by atoms with Crippen LogP contribution in [-0.4, -0.2) is 55.9 Å². The first-order valence-electron chi connectivity index (χ1n) is 11.2. The summed E-state index contributed by atoms with van der Waals surface area (Å²) in [5, 5.41) is 3.54. The standard InChI is InChI=1S/C24H33N3O3/c1-2-6-20(7-3-1)18-26-24(25-13-10-21-8-4-16-28-21)27-14-11-22(12-15-27)30-19-23-9-5-17-29-23/h1-4,6-8,16,22-23H,5,9-15,17-19H2,(H,25,26). The van der Waals surface area contributed by atoms with Gasteiger partial charge in [0.05, 0.1) is 31.6 Å². The molecule has 4 rings (SSSR count). The van der Waals surface area contributed by atoms with Gasteiger partial charge in [0.15, 0.2) is 5.96 Å². The first-order chi connectivity index (χ1) is 14.9. The van der Waals surface area contributed by atoms with Crippen molar-refractivity contribution < 1.29 is 13.9 Å². The highest BCUT2D eigenvalue weighted by Crippen LogP contribution is 2.18. The molecule has 2 fully saturated rings. The van der Waals surface area contributed by atoms with Gasteiger partial charge in [-0.3, -0.25) is 0 Å². The molecule has 0 radical (unpaired) electrons. The van der Waals surface area contributed by atoms with E-state index in [2.05, 4.69) is 34.5 Å². The van der Waals surface area contributed by atoms with Crippen molar-refractivity contribution in [1.82, 2.24) is 10.2 Å². The molecule has 6 heteroatoms. The van der Waals surface area contributed by atoms with Crippen molar-refractivity contribution in [3.8, 4) is 0 Å². The fraction of sp³-hybridized carbons (Fsp3) is 0.542. The lowest BCUT2D eigenvalue weighted by Crippen LogP contribution is -2.47. The number of guanidine groups is 1. The van der Waals surface area contributed by atoms with Gasteiger partial charge in [-0.05, 0) is 43.4 Å². The molecule has 0 bridgehead atoms. The minimum atomic E-state index is 0.300. The first kappa shape index (κ1) is 20.9. The lowest BCUT2D eigenvalue weighted by atomic mass is 10.1. The van der Waals surface area contributed by atoms with E-state index >= 15 is 0 Å². The zero-order chi connectivity index (χ0) is 20.4. The van der Waals surface area contributed by atoms with Crippen molar-refractivity contribution in [2.75, 3.05) is 32.8 Å². The Balaban J connectivity index is 1.29. The topological polar surface area (TPSA) is 59.2 Å². The highest BCUT2D eigenvalue weighted by Gasteiger charge is 2.24. The summed E-state index contributed by atoms with van der Waals surface area (Å²) < 4.78 is 17.3. The van der Waals surface area contributed by atoms with E-state index in [0.29, 0.717) is 18.8 Å². The maximum Gasteiger partial charge on any atom is 0.194 e. The van der Waals surface area contributed by atoms with Crippen molar-refractivity contribution in [2.45, 2.75) is 50.9 Å². The van der Waals surface area contributed by atoms with Gasteiger partial charge < -0.3 is 24.1 Å². The Morgan fingerprint density at radius 2 is 1.97 bits per heavy atom. The fourth-order valence-corrected chi connectivity index (χ4v) is 4.02. The molecule has 1 unspecified atom stereocenters. The second-order valence-corrected chi connectivity index (χ2v) is 8.04. The molecule has 1 aromatic carbocycles. The minimum absolute atomic E-state index is 0.300. The van der Waals surface area contributed by atoms with Gasteiger partial charge in [0.25, 0.3) is 0 Å². The number of nitrogens with zero attached hydrogens (tertiary/aromatic N) is 2. The molecule has 2 aliphatic heterocycles. The Morgan fingerprint density at radius 3 is 2.70 bits per heavy atom. The second kappa shape index (κ2) is 11.2. The smallest absolute Gasteiger partial charge is 0.194 e. The predicted octanol–water partition coefficient (Wildman–Crippen LogP) is 3.63. The molecular formula is C24H33N3O3. The summed E-state index contributed by atoms with van der Waals surface area (Å²) in [6.45, 7) is 5.02. The monoisotopic (exact) mass is 411 g/mol. The Bertz CT molecular complexity index is 749. The van der Waals surface area contributed by atoms with E-state index in [1.54, 1.807) is 6.26 Å². The molecule has 0 saturated carbocycles. The van der Waals surface area contributed by atoms with E-state index in [4.69, 9.17) is 18.9 Å². The minimum Gasteiger partial charge on any atom is -0.469 e. The number of nitrogens with one attached hydrogen (secondary N) is 1. The normalized spacial score (nSPS) is 20.6. The van der Waals surface area contributed by atoms with Gasteiger partial charge in [0.1, 0.15) is 5.76 Å². The lowest BCUT2D eigenvalue weighted by molar-refractivity contribution is -0.0367. The molecule has 6 nitrogen and oxygen atoms in total. The van der Waals surface area contributed by atoms with Crippen molar-refractivity contribution in [2.24, 2.45) is 4.99 Å². The molecule has 162 valence electrons. The molecule has 0 aliphatic carbocycles. The molecule has 1 atom stereocenters. The Hall–Kier alpha value is -2.31. The van der Waals surface area contributed by atoms with Crippen LogP contribution in [0.4, 0.5) is 0 Å². The van der Waals surface area contributed by atoms with Crippen LogP contribution in [0.25, 0.3) is 0 Å². The fourth-order valence-electron chi connectivity index (χ4n) is 4.02. The maximum absolute atomic E-state index is 6.13. The summed E-state index contributed by atoms with van der Waals surface area (Å²) >= 11 is 0. The van der Waals surface area contributed by atoms with Crippen LogP contribution in [0.5, 0.6) is 0 Å². The average molecular weight is 412 g/mol. The molecule has 2 aromatic rings. The van der Waals surface area contributed by atoms with Crippen LogP contribution in [0.1, 0.15) is 37.0 Å². The summed E-state index contributed by atoms with van der Waals surface area (Å²) in [5.41, 5.74) is 1.22. The zero-order valence-electron chi connectivity index (χ0n) is 17.7. The number of hydrogen-bond donors (Lipinski definition) is 1. The second-order valence-electron chi connectivity index (χ2n) is 8.04. The van der Waals surface area contributed by atoms with Crippen LogP contribution < -0.4 is 5.32 Å². The number of aliphatic imine (C=N–C) groups is 1. The number of ether oxygens (including phenoxy) is 2. The van der Waals surface area contributed by atoms with Crippen LogP contribution >= 0.6 is 0 Å². The molecule has 2 saturated heterocycles. The van der Waals surface area contributed by atoms with Crippen LogP contribution in [0.3, 0.4) is 0 Å². The Kier molecular flexibility index (Phi) is 7.81. The van der Waals surface area contributed by atoms with Crippen LogP contribution in [0.15, 0.2) is 58.1 Å². The van der Waals surface area contributed by atoms with E-state index in [1.807, 2.05) is 18.2 Å². The molecule has 1 aromatic heterocycles. The van der Waals surface area contributed by atoms with E-state index in [1.165, 1.54) is 5.56 Å². The third-order valence-corrected chi connectivity index (χ3v) is 5.77. The predicted molar refractivity (Wildman–Crippen MR) is 118 cm³/mol. The van der Waals surface area contributed by atoms with Gasteiger partial charge in [0.2, 0.25) is 0 Å². The number of likely N-dealkylation sites (tertiary alicyclic amines) is 1. The molecule has 0 spiro atoms. The van der Waals surface area contributed by atoms with Gasteiger partial charge in [-0.1, -0.05) is 30.3 Å². The zero-order valence-corrected chi connectivity index (χ0v) is 17.7. The van der Waals surface area contributed by atoms with E-state index < -0.39 is 0 Å². The largest absolute Gasteiger partial charge is 0.469 e. The molecule has 2 aliphatic rings. The third kappa shape index (κ3) is 6.34. The summed E-state index contributed by atoms with van der Waals surface area (Å²) in [7, 11) is 0. The summed E-state index contributed by atoms with van der Waals surface area (Å²) in [5.74, 6) is 1.97. The Morgan fingerprint density at radius 1 is 1.10 bits per heavy atom. The lowest BCUT2D eigenvalue weighted by Gasteiger charge is -2.34. The van der Waals surface area contributed by atoms with Crippen LogP contribution in [-0.2, 0) is 22.4 Å². The molecule has 0 amide bonds. The first-order valence-corrected chi connectivity index (χ1v) is 11.2. The van der Waals surface area contributed by atoms with E-state index in [9.17, 15) is 0 Å². The van der Waals surface area contributed by atoms with Gasteiger partial charge in [-0.2, -0.15) is 0 Å². The quantitative estimate of drug-likeness (QED) is 0.531. The highest BCUT2D eigenvalue weighted by atomic mass is 16.5. The van der Waals surface area contributed by atoms with Crippen LogP contribution in [0.2, 0.25) is 0 Å². The van der Waals surface area contributed by atoms with Crippen LogP contribution in [0, 0.1) is 0 Å². The van der Waals surface area contributed by atoms with Crippen molar-refractivity contribution in [3.05, 3.63) is 60.1 Å². The van der Waals surface area contributed by atoms with Gasteiger partial charge in [0, 0.05) is 32.7 Å². The van der Waals surface area contributed by atoms with E-state index in [0.717, 1.165) is 76.7 Å². The average Bonchev–Trinajstić information content (AvgIpc) is 3.50. The highest BCUT2D eigenvalue weighted by molar-refractivity contribution is 5.80. The third-order valence-electron chi connectivity index (χ3n) is 5.77. The number of piperidine rings is 1. The number of rotatable bonds is 8. The van der Waals surface area contributed by atoms with Crippen molar-refractivity contribution in [3.63, 3.8) is 0 Å². The number of furan rings is 1. The maximum atomic E-state index is 6.13. The molecule has 3 heterocycles. The van der Waals surface area contributed by atoms with Gasteiger partial charge in [-0.25, -0.2) is 4.99 Å². The van der Waals surface area contributed by atoms with Gasteiger partial charge in [-0.15, -0.1) is 0 Å². The summed E-state index contributed by atoms with van der Waals surface area (Å²) in [6.07, 6.45) is 7.54. The summed E-state index contributed by atoms with van der Waals surface area (Å²) in [6, 6.07) is 14.3. The summed E-state index contributed by atoms with van der Waals surface area (Å²) in [4.78, 5) is 7.27. The van der Waals surface area contributed by atoms with Crippen molar-refractivity contribution >= 4 is 5.96 Å². The van der Waals surface area contributed by atoms with Crippen molar-refractivity contribution in [1.29, 1.82) is 0 Å². The number of hydrogen-bond acceptors (Lipinski definition) is 4. The number of benzene rings is 1. The SMILES string of the molecule is c1ccc(CN=C(NCCc2ccco2)N2CCC(OCC3CCCO3)CC2)cc1. The molecule has 1 N–H and O–H groups in total. The Labute approximate surface area is 179 Å².